The molecule has 1 aliphatic carbocycles. The molecule has 116 valence electrons. The predicted molar refractivity (Wildman–Crippen MR) is 87.4 cm³/mol. The largest absolute Gasteiger partial charge is 0.386 e. The summed E-state index contributed by atoms with van der Waals surface area (Å²) in [6, 6.07) is 11.1. The maximum Gasteiger partial charge on any atom is 0.106 e. The molecule has 1 aliphatic rings. The van der Waals surface area contributed by atoms with Crippen LogP contribution in [0.15, 0.2) is 42.6 Å². The van der Waals surface area contributed by atoms with Crippen molar-refractivity contribution in [2.24, 2.45) is 0 Å². The zero-order valence-electron chi connectivity index (χ0n) is 12.2. The standard InChI is InChI=1S/C17H17Cl2NO2/c1-22-12-9-17(10-12,11-5-6-13(18)14(19)8-11)16(21)15-4-2-3-7-20-15/h2-8,12,16,21H,9-10H2,1H3. The fourth-order valence-electron chi connectivity index (χ4n) is 3.16. The third-order valence-electron chi connectivity index (χ3n) is 4.50. The lowest BCUT2D eigenvalue weighted by molar-refractivity contribution is -0.0776. The summed E-state index contributed by atoms with van der Waals surface area (Å²) >= 11 is 12.2. The first-order valence-electron chi connectivity index (χ1n) is 7.14. The first-order chi connectivity index (χ1) is 10.6. The number of rotatable bonds is 4. The van der Waals surface area contributed by atoms with E-state index in [9.17, 15) is 5.11 Å². The van der Waals surface area contributed by atoms with E-state index in [0.717, 1.165) is 18.4 Å². The SMILES string of the molecule is COC1CC(c2ccc(Cl)c(Cl)c2)(C(O)c2ccccn2)C1. The van der Waals surface area contributed by atoms with Crippen molar-refractivity contribution in [2.75, 3.05) is 7.11 Å². The summed E-state index contributed by atoms with van der Waals surface area (Å²) in [5.74, 6) is 0. The van der Waals surface area contributed by atoms with Gasteiger partial charge >= 0.3 is 0 Å². The highest BCUT2D eigenvalue weighted by Gasteiger charge is 2.51. The molecule has 1 aromatic heterocycles. The Morgan fingerprint density at radius 3 is 2.59 bits per heavy atom. The van der Waals surface area contributed by atoms with Gasteiger partial charge in [0.25, 0.3) is 0 Å². The topological polar surface area (TPSA) is 42.4 Å². The van der Waals surface area contributed by atoms with Crippen LogP contribution >= 0.6 is 23.2 Å². The lowest BCUT2D eigenvalue weighted by Gasteiger charge is -2.50. The van der Waals surface area contributed by atoms with Crippen molar-refractivity contribution in [3.63, 3.8) is 0 Å². The van der Waals surface area contributed by atoms with Gasteiger partial charge in [0.1, 0.15) is 6.10 Å². The summed E-state index contributed by atoms with van der Waals surface area (Å²) in [5, 5.41) is 11.9. The number of aromatic nitrogens is 1. The average Bonchev–Trinajstić information content (AvgIpc) is 2.50. The Bertz CT molecular complexity index is 657. The first-order valence-corrected chi connectivity index (χ1v) is 7.90. The van der Waals surface area contributed by atoms with Crippen molar-refractivity contribution < 1.29 is 9.84 Å². The van der Waals surface area contributed by atoms with Gasteiger partial charge in [0, 0.05) is 18.7 Å². The Morgan fingerprint density at radius 1 is 1.23 bits per heavy atom. The fourth-order valence-corrected chi connectivity index (χ4v) is 3.46. The molecule has 5 heteroatoms. The van der Waals surface area contributed by atoms with Gasteiger partial charge in [-0.05, 0) is 42.7 Å². The number of methoxy groups -OCH3 is 1. The highest BCUT2D eigenvalue weighted by atomic mass is 35.5. The molecule has 1 N–H and O–H groups in total. The van der Waals surface area contributed by atoms with Crippen molar-refractivity contribution in [1.29, 1.82) is 0 Å². The monoisotopic (exact) mass is 337 g/mol. The summed E-state index contributed by atoms with van der Waals surface area (Å²) in [7, 11) is 1.69. The first kappa shape index (κ1) is 15.8. The minimum absolute atomic E-state index is 0.132. The molecule has 3 nitrogen and oxygen atoms in total. The number of benzene rings is 1. The van der Waals surface area contributed by atoms with Crippen LogP contribution in [0.1, 0.15) is 30.2 Å². The molecule has 1 heterocycles. The van der Waals surface area contributed by atoms with Crippen LogP contribution < -0.4 is 0 Å². The fraction of sp³-hybridized carbons (Fsp3) is 0.353. The van der Waals surface area contributed by atoms with Crippen molar-refractivity contribution in [3.05, 3.63) is 63.9 Å². The number of pyridine rings is 1. The molecule has 1 fully saturated rings. The third-order valence-corrected chi connectivity index (χ3v) is 5.24. The molecule has 1 aromatic carbocycles. The number of aliphatic hydroxyl groups is 1. The maximum atomic E-state index is 10.9. The van der Waals surface area contributed by atoms with Gasteiger partial charge in [0.2, 0.25) is 0 Å². The van der Waals surface area contributed by atoms with E-state index >= 15 is 0 Å². The van der Waals surface area contributed by atoms with Crippen molar-refractivity contribution >= 4 is 23.2 Å². The quantitative estimate of drug-likeness (QED) is 0.910. The summed E-state index contributed by atoms with van der Waals surface area (Å²) in [6.45, 7) is 0. The van der Waals surface area contributed by atoms with Gasteiger partial charge in [-0.15, -0.1) is 0 Å². The van der Waals surface area contributed by atoms with Gasteiger partial charge < -0.3 is 9.84 Å². The lowest BCUT2D eigenvalue weighted by atomic mass is 9.59. The number of hydrogen-bond acceptors (Lipinski definition) is 3. The van der Waals surface area contributed by atoms with Crippen LogP contribution in [0.5, 0.6) is 0 Å². The zero-order chi connectivity index (χ0) is 15.7. The molecule has 2 aromatic rings. The van der Waals surface area contributed by atoms with Crippen molar-refractivity contribution in [3.8, 4) is 0 Å². The molecular weight excluding hydrogens is 321 g/mol. The van der Waals surface area contributed by atoms with E-state index in [2.05, 4.69) is 4.98 Å². The summed E-state index contributed by atoms with van der Waals surface area (Å²) in [6.07, 6.45) is 2.55. The Kier molecular flexibility index (Phi) is 4.42. The molecule has 22 heavy (non-hydrogen) atoms. The van der Waals surface area contributed by atoms with Crippen LogP contribution in [0.3, 0.4) is 0 Å². The van der Waals surface area contributed by atoms with Crippen LogP contribution in [-0.2, 0) is 10.2 Å². The van der Waals surface area contributed by atoms with E-state index in [1.807, 2.05) is 30.3 Å². The molecule has 0 radical (unpaired) electrons. The molecule has 3 rings (SSSR count). The number of hydrogen-bond donors (Lipinski definition) is 1. The molecule has 0 saturated heterocycles. The minimum atomic E-state index is -0.711. The van der Waals surface area contributed by atoms with E-state index < -0.39 is 11.5 Å². The van der Waals surface area contributed by atoms with Crippen LogP contribution in [0.4, 0.5) is 0 Å². The maximum absolute atomic E-state index is 10.9. The second-order valence-electron chi connectivity index (χ2n) is 5.71. The molecule has 0 aliphatic heterocycles. The number of aliphatic hydroxyl groups excluding tert-OH is 1. The Balaban J connectivity index is 2.00. The molecule has 0 bridgehead atoms. The van der Waals surface area contributed by atoms with Gasteiger partial charge in [0.05, 0.1) is 21.8 Å². The Labute approximate surface area is 139 Å². The number of ether oxygens (including phenoxy) is 1. The van der Waals surface area contributed by atoms with Crippen LogP contribution in [0.25, 0.3) is 0 Å². The second kappa shape index (κ2) is 6.17. The summed E-state index contributed by atoms with van der Waals surface area (Å²) < 4.78 is 5.41. The van der Waals surface area contributed by atoms with Crippen molar-refractivity contribution in [1.82, 2.24) is 4.98 Å². The zero-order valence-corrected chi connectivity index (χ0v) is 13.7. The van der Waals surface area contributed by atoms with Gasteiger partial charge in [-0.3, -0.25) is 4.98 Å². The molecule has 0 spiro atoms. The van der Waals surface area contributed by atoms with Crippen LogP contribution in [-0.4, -0.2) is 23.3 Å². The second-order valence-corrected chi connectivity index (χ2v) is 6.52. The lowest BCUT2D eigenvalue weighted by Crippen LogP contribution is -2.50. The van der Waals surface area contributed by atoms with Crippen LogP contribution in [0, 0.1) is 0 Å². The molecule has 1 unspecified atom stereocenters. The molecule has 0 amide bonds. The normalized spacial score (nSPS) is 25.5. The van der Waals surface area contributed by atoms with Gasteiger partial charge in [-0.2, -0.15) is 0 Å². The number of halogens is 2. The predicted octanol–water partition coefficient (Wildman–Crippen LogP) is 4.17. The van der Waals surface area contributed by atoms with E-state index in [4.69, 9.17) is 27.9 Å². The minimum Gasteiger partial charge on any atom is -0.386 e. The summed E-state index contributed by atoms with van der Waals surface area (Å²) in [4.78, 5) is 4.29. The number of nitrogens with zero attached hydrogens (tertiary/aromatic N) is 1. The van der Waals surface area contributed by atoms with Gasteiger partial charge in [0.15, 0.2) is 0 Å². The smallest absolute Gasteiger partial charge is 0.106 e. The van der Waals surface area contributed by atoms with E-state index in [1.165, 1.54) is 0 Å². The third kappa shape index (κ3) is 2.63. The molecule has 1 atom stereocenters. The van der Waals surface area contributed by atoms with Gasteiger partial charge in [-0.25, -0.2) is 0 Å². The van der Waals surface area contributed by atoms with Crippen LogP contribution in [0.2, 0.25) is 10.0 Å². The Morgan fingerprint density at radius 2 is 2.00 bits per heavy atom. The molecule has 1 saturated carbocycles. The van der Waals surface area contributed by atoms with Gasteiger partial charge in [-0.1, -0.05) is 35.3 Å². The van der Waals surface area contributed by atoms with Crippen molar-refractivity contribution in [2.45, 2.75) is 30.5 Å². The van der Waals surface area contributed by atoms with E-state index in [-0.39, 0.29) is 6.10 Å². The highest BCUT2D eigenvalue weighted by Crippen LogP contribution is 2.53. The van der Waals surface area contributed by atoms with E-state index in [1.54, 1.807) is 19.4 Å². The summed E-state index contributed by atoms with van der Waals surface area (Å²) in [5.41, 5.74) is 1.18. The average molecular weight is 338 g/mol. The highest BCUT2D eigenvalue weighted by molar-refractivity contribution is 6.42. The van der Waals surface area contributed by atoms with E-state index in [0.29, 0.717) is 15.7 Å². The molecular formula is C17H17Cl2NO2. The Hall–Kier alpha value is -1.13.